The van der Waals surface area contributed by atoms with Crippen LogP contribution in [0.1, 0.15) is 24.0 Å². The van der Waals surface area contributed by atoms with E-state index in [2.05, 4.69) is 75.5 Å². The van der Waals surface area contributed by atoms with Crippen LogP contribution in [-0.2, 0) is 6.54 Å². The van der Waals surface area contributed by atoms with Crippen molar-refractivity contribution in [1.82, 2.24) is 0 Å². The second-order valence-corrected chi connectivity index (χ2v) is 6.50. The van der Waals surface area contributed by atoms with Crippen LogP contribution >= 0.6 is 15.9 Å². The van der Waals surface area contributed by atoms with Crippen molar-refractivity contribution in [2.75, 3.05) is 23.3 Å². The molecule has 2 nitrogen and oxygen atoms in total. The van der Waals surface area contributed by atoms with E-state index in [1.54, 1.807) is 0 Å². The second-order valence-electron chi connectivity index (χ2n) is 5.65. The highest BCUT2D eigenvalue weighted by Gasteiger charge is 2.15. The Kier molecular flexibility index (Phi) is 4.49. The van der Waals surface area contributed by atoms with Crippen LogP contribution in [0.4, 0.5) is 11.4 Å². The molecular formula is C18H21BrN2. The fraction of sp³-hybridized carbons (Fsp3) is 0.333. The summed E-state index contributed by atoms with van der Waals surface area (Å²) in [7, 11) is 0. The first-order chi connectivity index (χ1) is 10.2. The fourth-order valence-corrected chi connectivity index (χ4v) is 3.23. The summed E-state index contributed by atoms with van der Waals surface area (Å²) in [5.74, 6) is 0. The lowest BCUT2D eigenvalue weighted by molar-refractivity contribution is 0.949. The van der Waals surface area contributed by atoms with E-state index in [1.165, 1.54) is 52.9 Å². The van der Waals surface area contributed by atoms with Gasteiger partial charge < -0.3 is 10.2 Å². The minimum absolute atomic E-state index is 0.851. The highest BCUT2D eigenvalue weighted by atomic mass is 79.9. The summed E-state index contributed by atoms with van der Waals surface area (Å²) >= 11 is 3.60. The standard InChI is InChI=1S/C18H21BrN2/c1-14-8-9-15(12-16(14)19)13-20-17-6-2-3-7-18(17)21-10-4-5-11-21/h2-3,6-9,12,20H,4-5,10-11,13H2,1H3. The van der Waals surface area contributed by atoms with Gasteiger partial charge in [0.25, 0.3) is 0 Å². The van der Waals surface area contributed by atoms with Gasteiger partial charge in [0.2, 0.25) is 0 Å². The van der Waals surface area contributed by atoms with E-state index in [1.807, 2.05) is 0 Å². The molecule has 1 N–H and O–H groups in total. The van der Waals surface area contributed by atoms with Crippen LogP contribution < -0.4 is 10.2 Å². The van der Waals surface area contributed by atoms with E-state index >= 15 is 0 Å². The summed E-state index contributed by atoms with van der Waals surface area (Å²) in [6, 6.07) is 15.2. The first kappa shape index (κ1) is 14.5. The molecule has 1 fully saturated rings. The molecule has 0 atom stereocenters. The Bertz CT molecular complexity index is 618. The summed E-state index contributed by atoms with van der Waals surface area (Å²) in [5, 5.41) is 3.59. The zero-order valence-electron chi connectivity index (χ0n) is 12.4. The molecule has 1 heterocycles. The van der Waals surface area contributed by atoms with Crippen LogP contribution in [0.3, 0.4) is 0 Å². The topological polar surface area (TPSA) is 15.3 Å². The van der Waals surface area contributed by atoms with Crippen molar-refractivity contribution < 1.29 is 0 Å². The van der Waals surface area contributed by atoms with E-state index in [4.69, 9.17) is 0 Å². The molecule has 1 saturated heterocycles. The largest absolute Gasteiger partial charge is 0.379 e. The molecule has 21 heavy (non-hydrogen) atoms. The Morgan fingerprint density at radius 2 is 1.86 bits per heavy atom. The quantitative estimate of drug-likeness (QED) is 0.842. The van der Waals surface area contributed by atoms with Crippen LogP contribution in [0.15, 0.2) is 46.9 Å². The third kappa shape index (κ3) is 3.41. The maximum atomic E-state index is 3.60. The molecule has 0 spiro atoms. The molecule has 110 valence electrons. The third-order valence-corrected chi connectivity index (χ3v) is 4.92. The number of hydrogen-bond acceptors (Lipinski definition) is 2. The number of nitrogens with one attached hydrogen (secondary N) is 1. The van der Waals surface area contributed by atoms with Gasteiger partial charge in [-0.15, -0.1) is 0 Å². The van der Waals surface area contributed by atoms with Crippen molar-refractivity contribution in [3.63, 3.8) is 0 Å². The van der Waals surface area contributed by atoms with Crippen LogP contribution in [0.2, 0.25) is 0 Å². The monoisotopic (exact) mass is 344 g/mol. The van der Waals surface area contributed by atoms with Gasteiger partial charge in [-0.25, -0.2) is 0 Å². The van der Waals surface area contributed by atoms with Gasteiger partial charge in [0.05, 0.1) is 11.4 Å². The molecule has 0 radical (unpaired) electrons. The summed E-state index contributed by atoms with van der Waals surface area (Å²) < 4.78 is 1.18. The molecule has 0 aliphatic carbocycles. The molecule has 1 aliphatic rings. The van der Waals surface area contributed by atoms with Gasteiger partial charge in [0.15, 0.2) is 0 Å². The fourth-order valence-electron chi connectivity index (χ4n) is 2.80. The zero-order chi connectivity index (χ0) is 14.7. The van der Waals surface area contributed by atoms with E-state index in [-0.39, 0.29) is 0 Å². The second kappa shape index (κ2) is 6.52. The van der Waals surface area contributed by atoms with E-state index < -0.39 is 0 Å². The SMILES string of the molecule is Cc1ccc(CNc2ccccc2N2CCCC2)cc1Br. The number of benzene rings is 2. The zero-order valence-corrected chi connectivity index (χ0v) is 14.0. The number of halogens is 1. The predicted molar refractivity (Wildman–Crippen MR) is 94.1 cm³/mol. The predicted octanol–water partition coefficient (Wildman–Crippen LogP) is 4.97. The summed E-state index contributed by atoms with van der Waals surface area (Å²) in [4.78, 5) is 2.48. The molecule has 3 heteroatoms. The van der Waals surface area contributed by atoms with Crippen molar-refractivity contribution in [3.8, 4) is 0 Å². The number of aryl methyl sites for hydroxylation is 1. The Labute approximate surface area is 135 Å². The number of nitrogens with zero attached hydrogens (tertiary/aromatic N) is 1. The average Bonchev–Trinajstić information content (AvgIpc) is 3.03. The lowest BCUT2D eigenvalue weighted by Gasteiger charge is -2.22. The van der Waals surface area contributed by atoms with Crippen LogP contribution in [0.5, 0.6) is 0 Å². The summed E-state index contributed by atoms with van der Waals surface area (Å²) in [6.45, 7) is 5.32. The van der Waals surface area contributed by atoms with Crippen molar-refractivity contribution in [1.29, 1.82) is 0 Å². The van der Waals surface area contributed by atoms with Gasteiger partial charge in [0, 0.05) is 24.1 Å². The summed E-state index contributed by atoms with van der Waals surface area (Å²) in [5.41, 5.74) is 5.14. The minimum Gasteiger partial charge on any atom is -0.379 e. The van der Waals surface area contributed by atoms with Gasteiger partial charge in [-0.2, -0.15) is 0 Å². The van der Waals surface area contributed by atoms with E-state index in [0.717, 1.165) is 6.54 Å². The molecule has 2 aromatic carbocycles. The minimum atomic E-state index is 0.851. The molecular weight excluding hydrogens is 324 g/mol. The molecule has 0 bridgehead atoms. The van der Waals surface area contributed by atoms with Crippen LogP contribution in [-0.4, -0.2) is 13.1 Å². The molecule has 1 aliphatic heterocycles. The smallest absolute Gasteiger partial charge is 0.0602 e. The Balaban J connectivity index is 1.74. The number of para-hydroxylation sites is 2. The molecule has 0 unspecified atom stereocenters. The van der Waals surface area contributed by atoms with Gasteiger partial charge in [-0.05, 0) is 49.1 Å². The van der Waals surface area contributed by atoms with Crippen molar-refractivity contribution in [2.45, 2.75) is 26.3 Å². The molecule has 0 aromatic heterocycles. The van der Waals surface area contributed by atoms with Crippen LogP contribution in [0, 0.1) is 6.92 Å². The van der Waals surface area contributed by atoms with Gasteiger partial charge in [0.1, 0.15) is 0 Å². The van der Waals surface area contributed by atoms with Gasteiger partial charge in [-0.1, -0.05) is 40.2 Å². The summed E-state index contributed by atoms with van der Waals surface area (Å²) in [6.07, 6.45) is 2.61. The lowest BCUT2D eigenvalue weighted by atomic mass is 10.1. The first-order valence-corrected chi connectivity index (χ1v) is 8.36. The first-order valence-electron chi connectivity index (χ1n) is 7.57. The van der Waals surface area contributed by atoms with E-state index in [0.29, 0.717) is 0 Å². The Morgan fingerprint density at radius 3 is 2.62 bits per heavy atom. The van der Waals surface area contributed by atoms with Gasteiger partial charge >= 0.3 is 0 Å². The highest BCUT2D eigenvalue weighted by molar-refractivity contribution is 9.10. The lowest BCUT2D eigenvalue weighted by Crippen LogP contribution is -2.19. The van der Waals surface area contributed by atoms with E-state index in [9.17, 15) is 0 Å². The molecule has 3 rings (SSSR count). The molecule has 0 saturated carbocycles. The molecule has 0 amide bonds. The third-order valence-electron chi connectivity index (χ3n) is 4.07. The average molecular weight is 345 g/mol. The Hall–Kier alpha value is -1.48. The van der Waals surface area contributed by atoms with Crippen molar-refractivity contribution >= 4 is 27.3 Å². The van der Waals surface area contributed by atoms with Gasteiger partial charge in [-0.3, -0.25) is 0 Å². The number of hydrogen-bond donors (Lipinski definition) is 1. The number of anilines is 2. The highest BCUT2D eigenvalue weighted by Crippen LogP contribution is 2.29. The van der Waals surface area contributed by atoms with Crippen molar-refractivity contribution in [2.24, 2.45) is 0 Å². The molecule has 2 aromatic rings. The normalized spacial score (nSPS) is 14.5. The Morgan fingerprint density at radius 1 is 1.10 bits per heavy atom. The number of rotatable bonds is 4. The van der Waals surface area contributed by atoms with Crippen LogP contribution in [0.25, 0.3) is 0 Å². The maximum absolute atomic E-state index is 3.60. The van der Waals surface area contributed by atoms with Crippen molar-refractivity contribution in [3.05, 3.63) is 58.1 Å². The maximum Gasteiger partial charge on any atom is 0.0602 e.